The summed E-state index contributed by atoms with van der Waals surface area (Å²) in [6, 6.07) is 7.10. The van der Waals surface area contributed by atoms with Gasteiger partial charge in [0.15, 0.2) is 5.69 Å². The first-order chi connectivity index (χ1) is 8.65. The fourth-order valence-corrected chi connectivity index (χ4v) is 2.15. The van der Waals surface area contributed by atoms with Gasteiger partial charge < -0.3 is 10.4 Å². The maximum Gasteiger partial charge on any atom is 0.271 e. The zero-order valence-corrected chi connectivity index (χ0v) is 11.3. The van der Waals surface area contributed by atoms with E-state index in [1.54, 1.807) is 30.1 Å². The molecule has 94 valence electrons. The van der Waals surface area contributed by atoms with Crippen LogP contribution in [0.15, 0.2) is 34.9 Å². The number of benzene rings is 1. The molecule has 0 aliphatic carbocycles. The fraction of sp³-hybridized carbons (Fsp3) is 0.167. The van der Waals surface area contributed by atoms with Crippen molar-refractivity contribution in [2.45, 2.75) is 6.61 Å². The number of aliphatic hydroxyl groups excluding tert-OH is 1. The quantitative estimate of drug-likeness (QED) is 0.902. The van der Waals surface area contributed by atoms with Crippen molar-refractivity contribution >= 4 is 21.8 Å². The monoisotopic (exact) mass is 309 g/mol. The maximum absolute atomic E-state index is 11.4. The van der Waals surface area contributed by atoms with Crippen LogP contribution in [0.2, 0.25) is 0 Å². The van der Waals surface area contributed by atoms with Gasteiger partial charge in [0.2, 0.25) is 0 Å². The minimum atomic E-state index is -0.225. The molecule has 0 aliphatic rings. The van der Waals surface area contributed by atoms with Gasteiger partial charge in [-0.3, -0.25) is 4.79 Å². The van der Waals surface area contributed by atoms with Gasteiger partial charge >= 0.3 is 0 Å². The largest absolute Gasteiger partial charge is 0.392 e. The minimum Gasteiger partial charge on any atom is -0.392 e. The predicted octanol–water partition coefficient (Wildman–Crippen LogP) is 1.49. The summed E-state index contributed by atoms with van der Waals surface area (Å²) in [7, 11) is 1.56. The van der Waals surface area contributed by atoms with E-state index >= 15 is 0 Å². The molecule has 0 atom stereocenters. The van der Waals surface area contributed by atoms with Gasteiger partial charge in [0.25, 0.3) is 5.91 Å². The molecule has 2 N–H and O–H groups in total. The van der Waals surface area contributed by atoms with E-state index in [2.05, 4.69) is 26.3 Å². The molecule has 0 spiro atoms. The Bertz CT molecular complexity index is 580. The van der Waals surface area contributed by atoms with Gasteiger partial charge in [-0.05, 0) is 39.7 Å². The topological polar surface area (TPSA) is 67.2 Å². The number of hydrogen-bond acceptors (Lipinski definition) is 3. The Morgan fingerprint density at radius 1 is 1.50 bits per heavy atom. The highest BCUT2D eigenvalue weighted by molar-refractivity contribution is 9.10. The number of aromatic nitrogens is 2. The second-order valence-corrected chi connectivity index (χ2v) is 4.52. The van der Waals surface area contributed by atoms with Crippen LogP contribution in [0.5, 0.6) is 0 Å². The molecule has 1 aromatic carbocycles. The number of halogens is 1. The third-order valence-corrected chi connectivity index (χ3v) is 3.13. The molecule has 1 heterocycles. The van der Waals surface area contributed by atoms with Crippen LogP contribution in [0, 0.1) is 0 Å². The second kappa shape index (κ2) is 5.32. The van der Waals surface area contributed by atoms with Crippen molar-refractivity contribution in [1.82, 2.24) is 15.1 Å². The fourth-order valence-electron chi connectivity index (χ4n) is 1.54. The molecular weight excluding hydrogens is 298 g/mol. The summed E-state index contributed by atoms with van der Waals surface area (Å²) in [5.41, 5.74) is 1.97. The summed E-state index contributed by atoms with van der Waals surface area (Å²) in [6.07, 6.45) is 1.71. The lowest BCUT2D eigenvalue weighted by atomic mass is 10.2. The Kier molecular flexibility index (Phi) is 3.78. The summed E-state index contributed by atoms with van der Waals surface area (Å²) >= 11 is 3.42. The first-order valence-corrected chi connectivity index (χ1v) is 6.12. The SMILES string of the molecule is CNC(=O)c1ccn(-c2ccc(CO)cc2Br)n1. The van der Waals surface area contributed by atoms with Crippen LogP contribution in [0.4, 0.5) is 0 Å². The van der Waals surface area contributed by atoms with E-state index in [-0.39, 0.29) is 12.5 Å². The average Bonchev–Trinajstić information content (AvgIpc) is 2.87. The lowest BCUT2D eigenvalue weighted by Crippen LogP contribution is -2.18. The maximum atomic E-state index is 11.4. The predicted molar refractivity (Wildman–Crippen MR) is 70.6 cm³/mol. The molecule has 0 saturated heterocycles. The van der Waals surface area contributed by atoms with Gasteiger partial charge in [-0.25, -0.2) is 4.68 Å². The van der Waals surface area contributed by atoms with Gasteiger partial charge in [-0.1, -0.05) is 6.07 Å². The van der Waals surface area contributed by atoms with Crippen molar-refractivity contribution < 1.29 is 9.90 Å². The van der Waals surface area contributed by atoms with Gasteiger partial charge in [-0.15, -0.1) is 0 Å². The molecule has 0 bridgehead atoms. The second-order valence-electron chi connectivity index (χ2n) is 3.67. The van der Waals surface area contributed by atoms with Gasteiger partial charge in [0.05, 0.1) is 12.3 Å². The number of carbonyl (C=O) groups is 1. The van der Waals surface area contributed by atoms with Crippen LogP contribution < -0.4 is 5.32 Å². The van der Waals surface area contributed by atoms with Crippen molar-refractivity contribution in [3.05, 3.63) is 46.2 Å². The number of rotatable bonds is 3. The smallest absolute Gasteiger partial charge is 0.271 e. The van der Waals surface area contributed by atoms with E-state index < -0.39 is 0 Å². The molecule has 0 aliphatic heterocycles. The summed E-state index contributed by atoms with van der Waals surface area (Å²) in [4.78, 5) is 11.4. The van der Waals surface area contributed by atoms with E-state index in [4.69, 9.17) is 5.11 Å². The Labute approximate surface area is 113 Å². The van der Waals surface area contributed by atoms with Crippen LogP contribution >= 0.6 is 15.9 Å². The number of carbonyl (C=O) groups excluding carboxylic acids is 1. The van der Waals surface area contributed by atoms with Crippen molar-refractivity contribution in [3.63, 3.8) is 0 Å². The third kappa shape index (κ3) is 2.44. The number of aliphatic hydroxyl groups is 1. The number of nitrogens with zero attached hydrogens (tertiary/aromatic N) is 2. The third-order valence-electron chi connectivity index (χ3n) is 2.49. The highest BCUT2D eigenvalue weighted by Gasteiger charge is 2.10. The average molecular weight is 310 g/mol. The van der Waals surface area contributed by atoms with Crippen molar-refractivity contribution in [2.75, 3.05) is 7.05 Å². The molecule has 18 heavy (non-hydrogen) atoms. The van der Waals surface area contributed by atoms with E-state index in [0.717, 1.165) is 15.7 Å². The van der Waals surface area contributed by atoms with Crippen LogP contribution in [0.1, 0.15) is 16.1 Å². The Morgan fingerprint density at radius 3 is 2.89 bits per heavy atom. The first kappa shape index (κ1) is 12.8. The lowest BCUT2D eigenvalue weighted by molar-refractivity contribution is 0.0957. The number of amides is 1. The molecular formula is C12H12BrN3O2. The summed E-state index contributed by atoms with van der Waals surface area (Å²) < 4.78 is 2.41. The Hall–Kier alpha value is -1.66. The standard InChI is InChI=1S/C12H12BrN3O2/c1-14-12(18)10-4-5-16(15-10)11-3-2-8(7-17)6-9(11)13/h2-6,17H,7H2,1H3,(H,14,18). The van der Waals surface area contributed by atoms with E-state index in [0.29, 0.717) is 5.69 Å². The minimum absolute atomic E-state index is 0.0124. The Balaban J connectivity index is 2.37. The molecule has 0 fully saturated rings. The molecule has 5 nitrogen and oxygen atoms in total. The lowest BCUT2D eigenvalue weighted by Gasteiger charge is -2.06. The molecule has 1 aromatic heterocycles. The van der Waals surface area contributed by atoms with Crippen molar-refractivity contribution in [3.8, 4) is 5.69 Å². The van der Waals surface area contributed by atoms with Gasteiger partial charge in [0.1, 0.15) is 0 Å². The van der Waals surface area contributed by atoms with Crippen LogP contribution in [-0.4, -0.2) is 27.8 Å². The molecule has 2 rings (SSSR count). The molecule has 0 saturated carbocycles. The van der Waals surface area contributed by atoms with Crippen LogP contribution in [-0.2, 0) is 6.61 Å². The van der Waals surface area contributed by atoms with Gasteiger partial charge in [0, 0.05) is 17.7 Å². The van der Waals surface area contributed by atoms with Crippen LogP contribution in [0.3, 0.4) is 0 Å². The molecule has 6 heteroatoms. The van der Waals surface area contributed by atoms with Crippen molar-refractivity contribution in [2.24, 2.45) is 0 Å². The highest BCUT2D eigenvalue weighted by Crippen LogP contribution is 2.22. The molecule has 2 aromatic rings. The summed E-state index contributed by atoms with van der Waals surface area (Å²) in [6.45, 7) is -0.0124. The number of nitrogens with one attached hydrogen (secondary N) is 1. The molecule has 0 unspecified atom stereocenters. The molecule has 0 radical (unpaired) electrons. The summed E-state index contributed by atoms with van der Waals surface area (Å²) in [5, 5.41) is 15.7. The van der Waals surface area contributed by atoms with E-state index in [1.807, 2.05) is 12.1 Å². The van der Waals surface area contributed by atoms with Gasteiger partial charge in [-0.2, -0.15) is 5.10 Å². The normalized spacial score (nSPS) is 10.4. The zero-order valence-electron chi connectivity index (χ0n) is 9.72. The molecule has 1 amide bonds. The first-order valence-electron chi connectivity index (χ1n) is 5.33. The van der Waals surface area contributed by atoms with E-state index in [9.17, 15) is 4.79 Å². The Morgan fingerprint density at radius 2 is 2.28 bits per heavy atom. The van der Waals surface area contributed by atoms with Crippen LogP contribution in [0.25, 0.3) is 5.69 Å². The zero-order chi connectivity index (χ0) is 13.1. The number of hydrogen-bond donors (Lipinski definition) is 2. The summed E-state index contributed by atoms with van der Waals surface area (Å²) in [5.74, 6) is -0.225. The van der Waals surface area contributed by atoms with Crippen molar-refractivity contribution in [1.29, 1.82) is 0 Å². The highest BCUT2D eigenvalue weighted by atomic mass is 79.9. The van der Waals surface area contributed by atoms with E-state index in [1.165, 1.54) is 0 Å².